The molecule has 4 heteroatoms. The number of primary amides is 1. The molecule has 0 aromatic heterocycles. The first-order valence-electron chi connectivity index (χ1n) is 8.04. The fraction of sp³-hybridized carbons (Fsp3) is 0.588. The monoisotopic (exact) mass is 287 g/mol. The summed E-state index contributed by atoms with van der Waals surface area (Å²) in [4.78, 5) is 14.0. The quantitative estimate of drug-likeness (QED) is 0.868. The van der Waals surface area contributed by atoms with Gasteiger partial charge in [0.25, 0.3) is 0 Å². The van der Waals surface area contributed by atoms with Gasteiger partial charge in [0, 0.05) is 17.6 Å². The molecule has 2 atom stereocenters. The highest BCUT2D eigenvalue weighted by Gasteiger charge is 2.40. The van der Waals surface area contributed by atoms with Crippen LogP contribution in [0.2, 0.25) is 0 Å². The topological polar surface area (TPSA) is 72.3 Å². The van der Waals surface area contributed by atoms with Gasteiger partial charge in [-0.25, -0.2) is 0 Å². The van der Waals surface area contributed by atoms with Gasteiger partial charge in [0.2, 0.25) is 5.91 Å². The Kier molecular flexibility index (Phi) is 4.27. The lowest BCUT2D eigenvalue weighted by Crippen LogP contribution is -2.43. The molecule has 0 saturated carbocycles. The molecule has 2 heterocycles. The van der Waals surface area contributed by atoms with Crippen LogP contribution in [0.3, 0.4) is 0 Å². The van der Waals surface area contributed by atoms with Crippen molar-refractivity contribution in [2.45, 2.75) is 50.1 Å². The molecule has 1 aromatic carbocycles. The predicted octanol–water partition coefficient (Wildman–Crippen LogP) is 1.84. The van der Waals surface area contributed by atoms with Crippen LogP contribution in [0.25, 0.3) is 0 Å². The number of carbonyl (C=O) groups is 1. The third-order valence-electron chi connectivity index (χ3n) is 5.15. The van der Waals surface area contributed by atoms with Gasteiger partial charge >= 0.3 is 0 Å². The second-order valence-corrected chi connectivity index (χ2v) is 6.42. The average molecular weight is 287 g/mol. The highest BCUT2D eigenvalue weighted by molar-refractivity contribution is 5.92. The molecule has 3 rings (SSSR count). The summed E-state index contributed by atoms with van der Waals surface area (Å²) >= 11 is 0. The Labute approximate surface area is 126 Å². The largest absolute Gasteiger partial charge is 0.366 e. The van der Waals surface area contributed by atoms with E-state index in [0.717, 1.165) is 19.5 Å². The van der Waals surface area contributed by atoms with E-state index in [4.69, 9.17) is 11.5 Å². The van der Waals surface area contributed by atoms with Gasteiger partial charge in [0.1, 0.15) is 0 Å². The summed E-state index contributed by atoms with van der Waals surface area (Å²) in [5, 5.41) is 0. The summed E-state index contributed by atoms with van der Waals surface area (Å²) in [7, 11) is 0. The van der Waals surface area contributed by atoms with Crippen LogP contribution in [-0.2, 0) is 0 Å². The summed E-state index contributed by atoms with van der Waals surface area (Å²) < 4.78 is 0. The van der Waals surface area contributed by atoms with Gasteiger partial charge in [-0.05, 0) is 68.8 Å². The van der Waals surface area contributed by atoms with Crippen molar-refractivity contribution >= 4 is 5.91 Å². The maximum Gasteiger partial charge on any atom is 0.248 e. The van der Waals surface area contributed by atoms with Gasteiger partial charge in [-0.2, -0.15) is 0 Å². The summed E-state index contributed by atoms with van der Waals surface area (Å²) in [6.07, 6.45) is 6.10. The lowest BCUT2D eigenvalue weighted by Gasteiger charge is -2.39. The standard InChI is InChI=1S/C17H25N3O/c18-7-2-8-20-15-5-6-16(20)11-14(10-15)12-3-1-4-13(9-12)17(19)21/h1,3-4,9,14-16H,2,5-8,10-11,18H2,(H2,19,21). The van der Waals surface area contributed by atoms with Crippen LogP contribution < -0.4 is 11.5 Å². The van der Waals surface area contributed by atoms with Gasteiger partial charge in [-0.15, -0.1) is 0 Å². The van der Waals surface area contributed by atoms with Crippen LogP contribution in [-0.4, -0.2) is 36.0 Å². The van der Waals surface area contributed by atoms with Crippen molar-refractivity contribution in [2.24, 2.45) is 11.5 Å². The van der Waals surface area contributed by atoms with Crippen molar-refractivity contribution in [1.82, 2.24) is 4.90 Å². The Morgan fingerprint density at radius 1 is 1.24 bits per heavy atom. The molecular weight excluding hydrogens is 262 g/mol. The molecule has 2 aliphatic rings. The highest BCUT2D eigenvalue weighted by Crippen LogP contribution is 2.43. The normalized spacial score (nSPS) is 28.7. The van der Waals surface area contributed by atoms with Crippen LogP contribution >= 0.6 is 0 Å². The Bertz CT molecular complexity index is 503. The van der Waals surface area contributed by atoms with Crippen molar-refractivity contribution in [3.8, 4) is 0 Å². The predicted molar refractivity (Wildman–Crippen MR) is 84.1 cm³/mol. The van der Waals surface area contributed by atoms with E-state index < -0.39 is 0 Å². The molecule has 1 amide bonds. The van der Waals surface area contributed by atoms with E-state index in [1.807, 2.05) is 12.1 Å². The van der Waals surface area contributed by atoms with Gasteiger partial charge < -0.3 is 11.5 Å². The van der Waals surface area contributed by atoms with E-state index in [0.29, 0.717) is 23.6 Å². The van der Waals surface area contributed by atoms with E-state index in [-0.39, 0.29) is 5.91 Å². The Morgan fingerprint density at radius 2 is 1.95 bits per heavy atom. The smallest absolute Gasteiger partial charge is 0.248 e. The van der Waals surface area contributed by atoms with E-state index in [1.54, 1.807) is 6.07 Å². The number of carbonyl (C=O) groups excluding carboxylic acids is 1. The number of hydrogen-bond donors (Lipinski definition) is 2. The first kappa shape index (κ1) is 14.5. The molecule has 0 aliphatic carbocycles. The second kappa shape index (κ2) is 6.16. The number of benzene rings is 1. The molecule has 2 unspecified atom stereocenters. The second-order valence-electron chi connectivity index (χ2n) is 6.42. The number of piperidine rings is 1. The molecule has 0 radical (unpaired) electrons. The van der Waals surface area contributed by atoms with E-state index in [2.05, 4.69) is 11.0 Å². The lowest BCUT2D eigenvalue weighted by molar-refractivity contribution is 0.1000. The molecule has 2 saturated heterocycles. The third kappa shape index (κ3) is 2.97. The summed E-state index contributed by atoms with van der Waals surface area (Å²) in [5.41, 5.74) is 13.0. The van der Waals surface area contributed by atoms with E-state index in [1.165, 1.54) is 31.2 Å². The van der Waals surface area contributed by atoms with Gasteiger partial charge in [0.15, 0.2) is 0 Å². The lowest BCUT2D eigenvalue weighted by atomic mass is 9.84. The maximum absolute atomic E-state index is 11.3. The van der Waals surface area contributed by atoms with Crippen LogP contribution in [0, 0.1) is 0 Å². The minimum absolute atomic E-state index is 0.333. The molecule has 2 aliphatic heterocycles. The Morgan fingerprint density at radius 3 is 2.57 bits per heavy atom. The third-order valence-corrected chi connectivity index (χ3v) is 5.15. The van der Waals surface area contributed by atoms with E-state index in [9.17, 15) is 4.79 Å². The average Bonchev–Trinajstić information content (AvgIpc) is 2.73. The molecule has 2 fully saturated rings. The van der Waals surface area contributed by atoms with Crippen molar-refractivity contribution < 1.29 is 4.79 Å². The number of nitrogens with zero attached hydrogens (tertiary/aromatic N) is 1. The minimum Gasteiger partial charge on any atom is -0.366 e. The molecular formula is C17H25N3O. The Hall–Kier alpha value is -1.39. The molecule has 114 valence electrons. The van der Waals surface area contributed by atoms with E-state index >= 15 is 0 Å². The maximum atomic E-state index is 11.3. The fourth-order valence-electron chi connectivity index (χ4n) is 4.13. The van der Waals surface area contributed by atoms with Crippen molar-refractivity contribution in [3.63, 3.8) is 0 Å². The zero-order chi connectivity index (χ0) is 14.8. The molecule has 2 bridgehead atoms. The number of rotatable bonds is 5. The zero-order valence-corrected chi connectivity index (χ0v) is 12.5. The molecule has 21 heavy (non-hydrogen) atoms. The number of hydrogen-bond acceptors (Lipinski definition) is 3. The van der Waals surface area contributed by atoms with Crippen LogP contribution in [0.1, 0.15) is 53.9 Å². The first-order valence-corrected chi connectivity index (χ1v) is 8.04. The van der Waals surface area contributed by atoms with Crippen molar-refractivity contribution in [2.75, 3.05) is 13.1 Å². The summed E-state index contributed by atoms with van der Waals surface area (Å²) in [6.45, 7) is 1.92. The Balaban J connectivity index is 1.72. The number of amides is 1. The zero-order valence-electron chi connectivity index (χ0n) is 12.5. The molecule has 1 aromatic rings. The van der Waals surface area contributed by atoms with Gasteiger partial charge in [-0.1, -0.05) is 12.1 Å². The SMILES string of the molecule is NCCCN1C2CCC1CC(c1cccc(C(N)=O)c1)C2. The molecule has 0 spiro atoms. The van der Waals surface area contributed by atoms with Crippen LogP contribution in [0.5, 0.6) is 0 Å². The van der Waals surface area contributed by atoms with Crippen LogP contribution in [0.4, 0.5) is 0 Å². The highest BCUT2D eigenvalue weighted by atomic mass is 16.1. The van der Waals surface area contributed by atoms with Gasteiger partial charge in [-0.3, -0.25) is 9.69 Å². The van der Waals surface area contributed by atoms with Crippen molar-refractivity contribution in [1.29, 1.82) is 0 Å². The van der Waals surface area contributed by atoms with Crippen molar-refractivity contribution in [3.05, 3.63) is 35.4 Å². The first-order chi connectivity index (χ1) is 10.2. The minimum atomic E-state index is -0.333. The molecule has 4 N–H and O–H groups in total. The number of fused-ring (bicyclic) bond motifs is 2. The summed E-state index contributed by atoms with van der Waals surface area (Å²) in [5.74, 6) is 0.233. The summed E-state index contributed by atoms with van der Waals surface area (Å²) in [6, 6.07) is 9.28. The van der Waals surface area contributed by atoms with Gasteiger partial charge in [0.05, 0.1) is 0 Å². The van der Waals surface area contributed by atoms with Crippen LogP contribution in [0.15, 0.2) is 24.3 Å². The fourth-order valence-corrected chi connectivity index (χ4v) is 4.13. The molecule has 4 nitrogen and oxygen atoms in total. The number of nitrogens with two attached hydrogens (primary N) is 2.